The third-order valence-corrected chi connectivity index (χ3v) is 2.21. The van der Waals surface area contributed by atoms with Gasteiger partial charge in [0.1, 0.15) is 23.0 Å². The van der Waals surface area contributed by atoms with E-state index in [2.05, 4.69) is 5.32 Å². The topological polar surface area (TPSA) is 38.3 Å². The summed E-state index contributed by atoms with van der Waals surface area (Å²) in [6.45, 7) is 0.631. The van der Waals surface area contributed by atoms with E-state index in [1.807, 2.05) is 0 Å². The summed E-state index contributed by atoms with van der Waals surface area (Å²) in [7, 11) is 0. The van der Waals surface area contributed by atoms with Gasteiger partial charge in [-0.3, -0.25) is 4.79 Å². The molecule has 1 aliphatic rings. The zero-order valence-electron chi connectivity index (χ0n) is 8.10. The first-order chi connectivity index (χ1) is 7.58. The molecule has 1 aromatic carbocycles. The summed E-state index contributed by atoms with van der Waals surface area (Å²) in [5, 5.41) is 2.37. The molecule has 0 unspecified atom stereocenters. The monoisotopic (exact) mass is 231 g/mol. The first-order valence-electron chi connectivity index (χ1n) is 4.61. The summed E-state index contributed by atoms with van der Waals surface area (Å²) in [4.78, 5) is 11.4. The van der Waals surface area contributed by atoms with Gasteiger partial charge in [0.05, 0.1) is 19.3 Å². The maximum atomic E-state index is 13.2. The van der Waals surface area contributed by atoms with E-state index in [-0.39, 0.29) is 6.04 Å². The van der Waals surface area contributed by atoms with E-state index in [1.165, 1.54) is 0 Å². The summed E-state index contributed by atoms with van der Waals surface area (Å²) in [5.41, 5.74) is -0.770. The lowest BCUT2D eigenvalue weighted by Gasteiger charge is -2.26. The van der Waals surface area contributed by atoms with Crippen molar-refractivity contribution in [3.63, 3.8) is 0 Å². The van der Waals surface area contributed by atoms with Crippen molar-refractivity contribution in [2.75, 3.05) is 13.2 Å². The fraction of sp³-hybridized carbons (Fsp3) is 0.300. The predicted octanol–water partition coefficient (Wildman–Crippen LogP) is 1.23. The summed E-state index contributed by atoms with van der Waals surface area (Å²) in [6, 6.07) is 0.696. The highest BCUT2D eigenvalue weighted by Crippen LogP contribution is 2.15. The van der Waals surface area contributed by atoms with E-state index in [9.17, 15) is 18.0 Å². The number of benzene rings is 1. The Morgan fingerprint density at radius 1 is 1.25 bits per heavy atom. The SMILES string of the molecule is O=C(NC1COC1)c1c(F)cc(F)cc1F. The molecule has 1 aromatic rings. The molecule has 86 valence electrons. The smallest absolute Gasteiger partial charge is 0.257 e. The van der Waals surface area contributed by atoms with Gasteiger partial charge in [-0.1, -0.05) is 0 Å². The summed E-state index contributed by atoms with van der Waals surface area (Å²) >= 11 is 0. The first kappa shape index (κ1) is 10.9. The van der Waals surface area contributed by atoms with Crippen LogP contribution in [0.5, 0.6) is 0 Å². The molecular weight excluding hydrogens is 223 g/mol. The van der Waals surface area contributed by atoms with Crippen LogP contribution in [0, 0.1) is 17.5 Å². The van der Waals surface area contributed by atoms with Crippen LogP contribution < -0.4 is 5.32 Å². The van der Waals surface area contributed by atoms with E-state index in [1.54, 1.807) is 0 Å². The lowest BCUT2D eigenvalue weighted by atomic mass is 10.1. The van der Waals surface area contributed by atoms with Crippen LogP contribution in [-0.2, 0) is 4.74 Å². The van der Waals surface area contributed by atoms with Crippen LogP contribution in [0.25, 0.3) is 0 Å². The maximum absolute atomic E-state index is 13.2. The number of ether oxygens (including phenoxy) is 1. The highest BCUT2D eigenvalue weighted by atomic mass is 19.1. The van der Waals surface area contributed by atoms with Gasteiger partial charge in [-0.25, -0.2) is 13.2 Å². The zero-order chi connectivity index (χ0) is 11.7. The fourth-order valence-electron chi connectivity index (χ4n) is 1.34. The molecule has 16 heavy (non-hydrogen) atoms. The van der Waals surface area contributed by atoms with Gasteiger partial charge in [0, 0.05) is 12.1 Å². The van der Waals surface area contributed by atoms with E-state index >= 15 is 0 Å². The number of carbonyl (C=O) groups is 1. The van der Waals surface area contributed by atoms with Crippen molar-refractivity contribution >= 4 is 5.91 Å². The standard InChI is InChI=1S/C10H8F3NO2/c11-5-1-7(12)9(8(13)2-5)10(15)14-6-3-16-4-6/h1-2,6H,3-4H2,(H,14,15). The van der Waals surface area contributed by atoms with Crippen LogP contribution in [0.4, 0.5) is 13.2 Å². The van der Waals surface area contributed by atoms with Crippen molar-refractivity contribution in [2.24, 2.45) is 0 Å². The molecule has 1 fully saturated rings. The van der Waals surface area contributed by atoms with Gasteiger partial charge in [-0.05, 0) is 0 Å². The minimum absolute atomic E-state index is 0.239. The van der Waals surface area contributed by atoms with E-state index < -0.39 is 28.9 Å². The normalized spacial score (nSPS) is 15.7. The maximum Gasteiger partial charge on any atom is 0.257 e. The number of rotatable bonds is 2. The van der Waals surface area contributed by atoms with Crippen molar-refractivity contribution in [1.29, 1.82) is 0 Å². The highest BCUT2D eigenvalue weighted by Gasteiger charge is 2.25. The molecule has 0 atom stereocenters. The molecule has 0 spiro atoms. The molecule has 1 amide bonds. The quantitative estimate of drug-likeness (QED) is 0.831. The average molecular weight is 231 g/mol. The molecule has 1 aliphatic heterocycles. The molecule has 6 heteroatoms. The molecule has 0 aromatic heterocycles. The number of hydrogen-bond donors (Lipinski definition) is 1. The second-order valence-electron chi connectivity index (χ2n) is 3.45. The van der Waals surface area contributed by atoms with Crippen molar-refractivity contribution in [1.82, 2.24) is 5.32 Å². The lowest BCUT2D eigenvalue weighted by Crippen LogP contribution is -2.48. The van der Waals surface area contributed by atoms with Crippen LogP contribution in [0.15, 0.2) is 12.1 Å². The molecule has 2 rings (SSSR count). The Labute approximate surface area is 89.2 Å². The summed E-state index contributed by atoms with van der Waals surface area (Å²) in [5.74, 6) is -4.38. The zero-order valence-corrected chi connectivity index (χ0v) is 8.10. The van der Waals surface area contributed by atoms with Crippen molar-refractivity contribution in [3.05, 3.63) is 35.1 Å². The molecule has 0 bridgehead atoms. The molecule has 0 saturated carbocycles. The summed E-state index contributed by atoms with van der Waals surface area (Å²) < 4.78 is 43.7. The third kappa shape index (κ3) is 2.01. The minimum Gasteiger partial charge on any atom is -0.377 e. The Morgan fingerprint density at radius 2 is 1.81 bits per heavy atom. The molecule has 0 aliphatic carbocycles. The molecule has 3 nitrogen and oxygen atoms in total. The fourth-order valence-corrected chi connectivity index (χ4v) is 1.34. The Bertz CT molecular complexity index is 409. The van der Waals surface area contributed by atoms with E-state index in [0.29, 0.717) is 25.3 Å². The first-order valence-corrected chi connectivity index (χ1v) is 4.61. The van der Waals surface area contributed by atoms with Crippen LogP contribution in [-0.4, -0.2) is 25.2 Å². The van der Waals surface area contributed by atoms with Gasteiger partial charge in [0.15, 0.2) is 0 Å². The predicted molar refractivity (Wildman–Crippen MR) is 48.4 cm³/mol. The Kier molecular flexibility index (Phi) is 2.82. The number of halogens is 3. The highest BCUT2D eigenvalue weighted by molar-refractivity contribution is 5.95. The van der Waals surface area contributed by atoms with Gasteiger partial charge in [-0.2, -0.15) is 0 Å². The van der Waals surface area contributed by atoms with Crippen LogP contribution in [0.1, 0.15) is 10.4 Å². The van der Waals surface area contributed by atoms with Gasteiger partial charge >= 0.3 is 0 Å². The Morgan fingerprint density at radius 3 is 2.25 bits per heavy atom. The van der Waals surface area contributed by atoms with Crippen LogP contribution >= 0.6 is 0 Å². The van der Waals surface area contributed by atoms with E-state index in [4.69, 9.17) is 4.74 Å². The van der Waals surface area contributed by atoms with Crippen molar-refractivity contribution in [3.8, 4) is 0 Å². The number of carbonyl (C=O) groups excluding carboxylic acids is 1. The minimum atomic E-state index is -1.21. The second kappa shape index (κ2) is 4.13. The Hall–Kier alpha value is -1.56. The third-order valence-electron chi connectivity index (χ3n) is 2.21. The molecule has 0 radical (unpaired) electrons. The summed E-state index contributed by atoms with van der Waals surface area (Å²) in [6.07, 6.45) is 0. The molecule has 1 heterocycles. The van der Waals surface area contributed by atoms with Crippen molar-refractivity contribution in [2.45, 2.75) is 6.04 Å². The number of hydrogen-bond acceptors (Lipinski definition) is 2. The van der Waals surface area contributed by atoms with E-state index in [0.717, 1.165) is 0 Å². The second-order valence-corrected chi connectivity index (χ2v) is 3.45. The molecular formula is C10H8F3NO2. The van der Waals surface area contributed by atoms with Gasteiger partial charge in [0.2, 0.25) is 0 Å². The number of nitrogens with one attached hydrogen (secondary N) is 1. The number of amides is 1. The van der Waals surface area contributed by atoms with Gasteiger partial charge in [0.25, 0.3) is 5.91 Å². The molecule has 1 N–H and O–H groups in total. The van der Waals surface area contributed by atoms with Crippen molar-refractivity contribution < 1.29 is 22.7 Å². The molecule has 1 saturated heterocycles. The Balaban J connectivity index is 2.21. The van der Waals surface area contributed by atoms with Crippen LogP contribution in [0.2, 0.25) is 0 Å². The lowest BCUT2D eigenvalue weighted by molar-refractivity contribution is -0.00360. The van der Waals surface area contributed by atoms with Crippen LogP contribution in [0.3, 0.4) is 0 Å². The average Bonchev–Trinajstić information content (AvgIpc) is 2.09. The largest absolute Gasteiger partial charge is 0.377 e. The van der Waals surface area contributed by atoms with Gasteiger partial charge in [-0.15, -0.1) is 0 Å². The van der Waals surface area contributed by atoms with Gasteiger partial charge < -0.3 is 10.1 Å².